The molecule has 0 aliphatic carbocycles. The normalized spacial score (nSPS) is 20.0. The van der Waals surface area contributed by atoms with Gasteiger partial charge in [0, 0.05) is 25.3 Å². The first-order valence-electron chi connectivity index (χ1n) is 9.02. The zero-order valence-electron chi connectivity index (χ0n) is 15.2. The van der Waals surface area contributed by atoms with Crippen molar-refractivity contribution in [2.24, 2.45) is 11.7 Å². The molecule has 1 aliphatic heterocycles. The summed E-state index contributed by atoms with van der Waals surface area (Å²) < 4.78 is 1.74. The summed E-state index contributed by atoms with van der Waals surface area (Å²) in [6.45, 7) is 3.93. The molecule has 0 spiro atoms. The second-order valence-electron chi connectivity index (χ2n) is 7.05. The van der Waals surface area contributed by atoms with Crippen LogP contribution in [0.1, 0.15) is 23.7 Å². The number of nitrogen functional groups attached to an aromatic ring is 1. The lowest BCUT2D eigenvalue weighted by atomic mass is 9.93. The maximum absolute atomic E-state index is 11.9. The Morgan fingerprint density at radius 1 is 1.30 bits per heavy atom. The molecule has 27 heavy (non-hydrogen) atoms. The van der Waals surface area contributed by atoms with Crippen LogP contribution in [0.15, 0.2) is 42.9 Å². The van der Waals surface area contributed by atoms with Crippen LogP contribution in [-0.2, 0) is 0 Å². The predicted molar refractivity (Wildman–Crippen MR) is 106 cm³/mol. The van der Waals surface area contributed by atoms with E-state index < -0.39 is 5.91 Å². The Balaban J connectivity index is 1.55. The Bertz CT molecular complexity index is 966. The van der Waals surface area contributed by atoms with Gasteiger partial charge in [-0.1, -0.05) is 6.92 Å². The van der Waals surface area contributed by atoms with E-state index in [2.05, 4.69) is 27.2 Å². The second-order valence-corrected chi connectivity index (χ2v) is 7.05. The first-order valence-corrected chi connectivity index (χ1v) is 9.02. The summed E-state index contributed by atoms with van der Waals surface area (Å²) in [5.74, 6) is 0.803. The molecular weight excluding hydrogens is 342 g/mol. The van der Waals surface area contributed by atoms with Crippen molar-refractivity contribution in [2.45, 2.75) is 19.4 Å². The summed E-state index contributed by atoms with van der Waals surface area (Å²) in [5.41, 5.74) is 14.0. The van der Waals surface area contributed by atoms with E-state index in [0.29, 0.717) is 17.2 Å². The van der Waals surface area contributed by atoms with Crippen molar-refractivity contribution in [3.63, 3.8) is 0 Å². The number of primary amides is 1. The summed E-state index contributed by atoms with van der Waals surface area (Å²) in [6.07, 6.45) is 5.98. The zero-order chi connectivity index (χ0) is 19.0. The lowest BCUT2D eigenvalue weighted by molar-refractivity contribution is 0.100. The van der Waals surface area contributed by atoms with Crippen LogP contribution in [0.2, 0.25) is 0 Å². The van der Waals surface area contributed by atoms with Gasteiger partial charge in [0.1, 0.15) is 5.82 Å². The largest absolute Gasteiger partial charge is 0.397 e. The summed E-state index contributed by atoms with van der Waals surface area (Å²) in [4.78, 5) is 18.6. The Kier molecular flexibility index (Phi) is 4.31. The number of carbonyl (C=O) groups excluding carboxylic acids is 1. The molecule has 4 heterocycles. The predicted octanol–water partition coefficient (Wildman–Crippen LogP) is 1.74. The first-order chi connectivity index (χ1) is 13.0. The van der Waals surface area contributed by atoms with Gasteiger partial charge >= 0.3 is 0 Å². The van der Waals surface area contributed by atoms with E-state index in [1.807, 2.05) is 30.5 Å². The fourth-order valence-corrected chi connectivity index (χ4v) is 3.67. The van der Waals surface area contributed by atoms with Crippen LogP contribution in [0.3, 0.4) is 0 Å². The standard InChI is InChI=1S/C19H23N7O/c1-12-11-25(17-5-4-13(20)9-22-17)8-6-15(12)24-18-14(19(21)27)10-23-26-7-2-3-16(18)26/h2-5,7,9-10,12,15,24H,6,8,11,20H2,1H3,(H2,21,27)/t12-,15+/m0/s1. The fraction of sp³-hybridized carbons (Fsp3) is 0.316. The number of hydrogen-bond acceptors (Lipinski definition) is 6. The number of hydrogen-bond donors (Lipinski definition) is 3. The van der Waals surface area contributed by atoms with E-state index in [1.54, 1.807) is 10.7 Å². The van der Waals surface area contributed by atoms with Gasteiger partial charge in [-0.15, -0.1) is 0 Å². The molecule has 1 saturated heterocycles. The minimum Gasteiger partial charge on any atom is -0.397 e. The number of aromatic nitrogens is 3. The molecule has 140 valence electrons. The van der Waals surface area contributed by atoms with Crippen LogP contribution in [-0.4, -0.2) is 39.6 Å². The first kappa shape index (κ1) is 17.1. The molecule has 1 fully saturated rings. The van der Waals surface area contributed by atoms with Crippen LogP contribution >= 0.6 is 0 Å². The Morgan fingerprint density at radius 3 is 2.85 bits per heavy atom. The number of nitrogens with zero attached hydrogens (tertiary/aromatic N) is 4. The molecule has 1 aliphatic rings. The third-order valence-corrected chi connectivity index (χ3v) is 5.16. The van der Waals surface area contributed by atoms with E-state index in [4.69, 9.17) is 11.5 Å². The molecule has 0 aromatic carbocycles. The summed E-state index contributed by atoms with van der Waals surface area (Å²) in [6, 6.07) is 7.87. The Morgan fingerprint density at radius 2 is 2.15 bits per heavy atom. The molecule has 2 atom stereocenters. The van der Waals surface area contributed by atoms with Crippen molar-refractivity contribution in [3.05, 3.63) is 48.4 Å². The molecule has 4 rings (SSSR count). The summed E-state index contributed by atoms with van der Waals surface area (Å²) in [5, 5.41) is 7.81. The lowest BCUT2D eigenvalue weighted by Gasteiger charge is -2.38. The van der Waals surface area contributed by atoms with E-state index in [1.165, 1.54) is 6.20 Å². The highest BCUT2D eigenvalue weighted by Crippen LogP contribution is 2.28. The van der Waals surface area contributed by atoms with Crippen LogP contribution in [0.4, 0.5) is 17.2 Å². The molecule has 8 heteroatoms. The van der Waals surface area contributed by atoms with Crippen molar-refractivity contribution in [1.29, 1.82) is 0 Å². The van der Waals surface area contributed by atoms with Crippen LogP contribution in [0, 0.1) is 5.92 Å². The van der Waals surface area contributed by atoms with Gasteiger partial charge in [0.15, 0.2) is 0 Å². The molecule has 3 aromatic heterocycles. The summed E-state index contributed by atoms with van der Waals surface area (Å²) >= 11 is 0. The van der Waals surface area contributed by atoms with E-state index in [9.17, 15) is 4.79 Å². The van der Waals surface area contributed by atoms with Gasteiger partial charge in [-0.05, 0) is 36.6 Å². The van der Waals surface area contributed by atoms with Crippen molar-refractivity contribution in [3.8, 4) is 0 Å². The van der Waals surface area contributed by atoms with E-state index >= 15 is 0 Å². The molecule has 0 saturated carbocycles. The maximum atomic E-state index is 11.9. The molecule has 0 bridgehead atoms. The molecular formula is C19H23N7O. The molecule has 3 aromatic rings. The van der Waals surface area contributed by atoms with Crippen molar-refractivity contribution in [2.75, 3.05) is 29.0 Å². The summed E-state index contributed by atoms with van der Waals surface area (Å²) in [7, 11) is 0. The van der Waals surface area contributed by atoms with Crippen molar-refractivity contribution < 1.29 is 4.79 Å². The number of rotatable bonds is 4. The SMILES string of the molecule is C[C@H]1CN(c2ccc(N)cn2)CC[C@H]1Nc1c(C(N)=O)cnn2cccc12. The third-order valence-electron chi connectivity index (χ3n) is 5.16. The number of pyridine rings is 1. The second kappa shape index (κ2) is 6.79. The van der Waals surface area contributed by atoms with Gasteiger partial charge < -0.3 is 21.7 Å². The highest BCUT2D eigenvalue weighted by atomic mass is 16.1. The molecule has 8 nitrogen and oxygen atoms in total. The van der Waals surface area contributed by atoms with Gasteiger partial charge in [0.25, 0.3) is 5.91 Å². The molecule has 5 N–H and O–H groups in total. The number of nitrogens with one attached hydrogen (secondary N) is 1. The highest BCUT2D eigenvalue weighted by molar-refractivity contribution is 6.01. The van der Waals surface area contributed by atoms with Crippen LogP contribution < -0.4 is 21.7 Å². The van der Waals surface area contributed by atoms with Gasteiger partial charge in [0.2, 0.25) is 0 Å². The average Bonchev–Trinajstić information content (AvgIpc) is 3.13. The smallest absolute Gasteiger partial charge is 0.252 e. The zero-order valence-corrected chi connectivity index (χ0v) is 15.2. The lowest BCUT2D eigenvalue weighted by Crippen LogP contribution is -2.45. The maximum Gasteiger partial charge on any atom is 0.252 e. The molecule has 0 radical (unpaired) electrons. The average molecular weight is 365 g/mol. The van der Waals surface area contributed by atoms with Crippen LogP contribution in [0.25, 0.3) is 5.52 Å². The van der Waals surface area contributed by atoms with Gasteiger partial charge in [-0.2, -0.15) is 5.10 Å². The number of amides is 1. The minimum absolute atomic E-state index is 0.217. The van der Waals surface area contributed by atoms with Gasteiger partial charge in [0.05, 0.1) is 34.8 Å². The topological polar surface area (TPSA) is 115 Å². The van der Waals surface area contributed by atoms with E-state index in [-0.39, 0.29) is 6.04 Å². The minimum atomic E-state index is -0.482. The van der Waals surface area contributed by atoms with E-state index in [0.717, 1.165) is 36.5 Å². The third kappa shape index (κ3) is 3.25. The Hall–Kier alpha value is -3.29. The fourth-order valence-electron chi connectivity index (χ4n) is 3.67. The quantitative estimate of drug-likeness (QED) is 0.649. The van der Waals surface area contributed by atoms with Crippen LogP contribution in [0.5, 0.6) is 0 Å². The molecule has 1 amide bonds. The van der Waals surface area contributed by atoms with Crippen molar-refractivity contribution in [1.82, 2.24) is 14.6 Å². The monoisotopic (exact) mass is 365 g/mol. The molecule has 0 unspecified atom stereocenters. The number of carbonyl (C=O) groups is 1. The number of piperidine rings is 1. The number of fused-ring (bicyclic) bond motifs is 1. The number of anilines is 3. The Labute approximate surface area is 157 Å². The van der Waals surface area contributed by atoms with Gasteiger partial charge in [-0.3, -0.25) is 4.79 Å². The highest BCUT2D eigenvalue weighted by Gasteiger charge is 2.28. The van der Waals surface area contributed by atoms with Gasteiger partial charge in [-0.25, -0.2) is 9.50 Å². The van der Waals surface area contributed by atoms with Crippen molar-refractivity contribution >= 4 is 28.6 Å². The number of nitrogens with two attached hydrogens (primary N) is 2.